The summed E-state index contributed by atoms with van der Waals surface area (Å²) >= 11 is 0. The first-order valence-electron chi connectivity index (χ1n) is 3.56. The van der Waals surface area contributed by atoms with Crippen LogP contribution in [0.2, 0.25) is 0 Å². The van der Waals surface area contributed by atoms with Crippen molar-refractivity contribution >= 4 is 5.78 Å². The second-order valence-corrected chi connectivity index (χ2v) is 2.49. The van der Waals surface area contributed by atoms with E-state index in [2.05, 4.69) is 0 Å². The fourth-order valence-electron chi connectivity index (χ4n) is 1.09. The zero-order chi connectivity index (χ0) is 9.14. The molecular formula is C9H9FO2. The quantitative estimate of drug-likeness (QED) is 0.680. The summed E-state index contributed by atoms with van der Waals surface area (Å²) in [6.07, 6.45) is 0. The average Bonchev–Trinajstić information content (AvgIpc) is 2.03. The van der Waals surface area contributed by atoms with Crippen molar-refractivity contribution in [3.05, 3.63) is 35.1 Å². The van der Waals surface area contributed by atoms with Crippen LogP contribution in [-0.4, -0.2) is 10.9 Å². The van der Waals surface area contributed by atoms with Gasteiger partial charge in [0.05, 0.1) is 12.2 Å². The van der Waals surface area contributed by atoms with Gasteiger partial charge in [-0.1, -0.05) is 12.1 Å². The summed E-state index contributed by atoms with van der Waals surface area (Å²) in [7, 11) is 0. The lowest BCUT2D eigenvalue weighted by molar-refractivity contribution is 0.101. The number of rotatable bonds is 2. The van der Waals surface area contributed by atoms with E-state index in [1.54, 1.807) is 0 Å². The van der Waals surface area contributed by atoms with Gasteiger partial charge in [-0.25, -0.2) is 4.39 Å². The lowest BCUT2D eigenvalue weighted by Crippen LogP contribution is -2.02. The van der Waals surface area contributed by atoms with Crippen molar-refractivity contribution in [2.75, 3.05) is 0 Å². The molecule has 3 heteroatoms. The lowest BCUT2D eigenvalue weighted by Gasteiger charge is -2.03. The van der Waals surface area contributed by atoms with Crippen LogP contribution in [-0.2, 0) is 6.61 Å². The van der Waals surface area contributed by atoms with Crippen LogP contribution in [0.5, 0.6) is 0 Å². The van der Waals surface area contributed by atoms with Crippen LogP contribution in [0.3, 0.4) is 0 Å². The number of hydrogen-bond donors (Lipinski definition) is 1. The molecule has 0 atom stereocenters. The molecule has 0 bridgehead atoms. The molecular weight excluding hydrogens is 159 g/mol. The minimum absolute atomic E-state index is 0.0139. The van der Waals surface area contributed by atoms with Crippen molar-refractivity contribution in [1.29, 1.82) is 0 Å². The Balaban J connectivity index is 3.29. The monoisotopic (exact) mass is 168 g/mol. The maximum Gasteiger partial charge on any atom is 0.163 e. The van der Waals surface area contributed by atoms with Crippen molar-refractivity contribution < 1.29 is 14.3 Å². The number of halogens is 1. The third kappa shape index (κ3) is 1.51. The van der Waals surface area contributed by atoms with Gasteiger partial charge in [0.15, 0.2) is 5.78 Å². The molecule has 0 radical (unpaired) electrons. The molecule has 0 aliphatic rings. The molecule has 12 heavy (non-hydrogen) atoms. The van der Waals surface area contributed by atoms with E-state index in [0.29, 0.717) is 5.56 Å². The lowest BCUT2D eigenvalue weighted by atomic mass is 10.0. The van der Waals surface area contributed by atoms with E-state index < -0.39 is 5.82 Å². The minimum atomic E-state index is -0.575. The van der Waals surface area contributed by atoms with E-state index in [9.17, 15) is 9.18 Å². The Morgan fingerprint density at radius 1 is 1.58 bits per heavy atom. The first-order valence-corrected chi connectivity index (χ1v) is 3.56. The Morgan fingerprint density at radius 3 is 2.67 bits per heavy atom. The van der Waals surface area contributed by atoms with Gasteiger partial charge in [-0.3, -0.25) is 4.79 Å². The van der Waals surface area contributed by atoms with Crippen LogP contribution in [0.25, 0.3) is 0 Å². The van der Waals surface area contributed by atoms with Crippen LogP contribution >= 0.6 is 0 Å². The standard InChI is InChI=1S/C9H9FO2/c1-6(12)9-7(5-11)3-2-4-8(9)10/h2-4,11H,5H2,1H3. The van der Waals surface area contributed by atoms with Crippen molar-refractivity contribution in [3.63, 3.8) is 0 Å². The van der Waals surface area contributed by atoms with Crippen LogP contribution in [0.15, 0.2) is 18.2 Å². The molecule has 1 rings (SSSR count). The number of benzene rings is 1. The summed E-state index contributed by atoms with van der Waals surface area (Å²) < 4.78 is 13.0. The molecule has 2 nitrogen and oxygen atoms in total. The highest BCUT2D eigenvalue weighted by molar-refractivity contribution is 5.95. The smallest absolute Gasteiger partial charge is 0.163 e. The zero-order valence-corrected chi connectivity index (χ0v) is 6.67. The normalized spacial score (nSPS) is 9.92. The third-order valence-electron chi connectivity index (χ3n) is 1.62. The van der Waals surface area contributed by atoms with Crippen LogP contribution in [0.1, 0.15) is 22.8 Å². The fourth-order valence-corrected chi connectivity index (χ4v) is 1.09. The SMILES string of the molecule is CC(=O)c1c(F)cccc1CO. The molecule has 0 aliphatic carbocycles. The van der Waals surface area contributed by atoms with Gasteiger partial charge in [0.25, 0.3) is 0 Å². The minimum Gasteiger partial charge on any atom is -0.392 e. The van der Waals surface area contributed by atoms with E-state index in [4.69, 9.17) is 5.11 Å². The highest BCUT2D eigenvalue weighted by Crippen LogP contribution is 2.13. The molecule has 0 fully saturated rings. The molecule has 1 aromatic carbocycles. The Bertz CT molecular complexity index is 307. The van der Waals surface area contributed by atoms with Crippen molar-refractivity contribution in [1.82, 2.24) is 0 Å². The zero-order valence-electron chi connectivity index (χ0n) is 6.67. The van der Waals surface area contributed by atoms with E-state index in [0.717, 1.165) is 0 Å². The van der Waals surface area contributed by atoms with Crippen molar-refractivity contribution in [3.8, 4) is 0 Å². The number of aliphatic hydroxyl groups excluding tert-OH is 1. The first-order chi connectivity index (χ1) is 5.66. The molecule has 0 heterocycles. The largest absolute Gasteiger partial charge is 0.392 e. The van der Waals surface area contributed by atoms with E-state index >= 15 is 0 Å². The molecule has 1 aromatic rings. The number of carbonyl (C=O) groups excluding carboxylic acids is 1. The maximum absolute atomic E-state index is 13.0. The van der Waals surface area contributed by atoms with Crippen molar-refractivity contribution in [2.24, 2.45) is 0 Å². The summed E-state index contributed by atoms with van der Waals surface area (Å²) in [5.74, 6) is -0.939. The van der Waals surface area contributed by atoms with Gasteiger partial charge < -0.3 is 5.11 Å². The summed E-state index contributed by atoms with van der Waals surface area (Å²) in [5.41, 5.74) is 0.322. The molecule has 0 aromatic heterocycles. The molecule has 0 unspecified atom stereocenters. The molecule has 0 saturated carbocycles. The van der Waals surface area contributed by atoms with E-state index in [-0.39, 0.29) is 18.0 Å². The topological polar surface area (TPSA) is 37.3 Å². The van der Waals surface area contributed by atoms with Crippen LogP contribution in [0, 0.1) is 5.82 Å². The average molecular weight is 168 g/mol. The molecule has 0 spiro atoms. The summed E-state index contributed by atoms with van der Waals surface area (Å²) in [6.45, 7) is 0.963. The maximum atomic E-state index is 13.0. The van der Waals surface area contributed by atoms with Gasteiger partial charge >= 0.3 is 0 Å². The van der Waals surface area contributed by atoms with Gasteiger partial charge in [-0.05, 0) is 18.6 Å². The highest BCUT2D eigenvalue weighted by atomic mass is 19.1. The molecule has 1 N–H and O–H groups in total. The van der Waals surface area contributed by atoms with Crippen molar-refractivity contribution in [2.45, 2.75) is 13.5 Å². The second-order valence-electron chi connectivity index (χ2n) is 2.49. The van der Waals surface area contributed by atoms with Crippen LogP contribution < -0.4 is 0 Å². The van der Waals surface area contributed by atoms with Crippen LogP contribution in [0.4, 0.5) is 4.39 Å². The number of carbonyl (C=O) groups is 1. The Kier molecular flexibility index (Phi) is 2.55. The first kappa shape index (κ1) is 8.87. The summed E-state index contributed by atoms with van der Waals surface area (Å²) in [5, 5.41) is 8.77. The van der Waals surface area contributed by atoms with Gasteiger partial charge in [0, 0.05) is 0 Å². The number of Topliss-reactive ketones (excluding diaryl/α,β-unsaturated/α-hetero) is 1. The Labute approximate surface area is 69.6 Å². The van der Waals surface area contributed by atoms with E-state index in [1.165, 1.54) is 25.1 Å². The third-order valence-corrected chi connectivity index (χ3v) is 1.62. The Hall–Kier alpha value is -1.22. The summed E-state index contributed by atoms with van der Waals surface area (Å²) in [4.78, 5) is 10.9. The van der Waals surface area contributed by atoms with Gasteiger partial charge in [-0.2, -0.15) is 0 Å². The molecule has 0 amide bonds. The number of hydrogen-bond acceptors (Lipinski definition) is 2. The highest BCUT2D eigenvalue weighted by Gasteiger charge is 2.11. The molecule has 0 aliphatic heterocycles. The fraction of sp³-hybridized carbons (Fsp3) is 0.222. The number of ketones is 1. The van der Waals surface area contributed by atoms with E-state index in [1.807, 2.05) is 0 Å². The Morgan fingerprint density at radius 2 is 2.25 bits per heavy atom. The van der Waals surface area contributed by atoms with Gasteiger partial charge in [0.1, 0.15) is 5.82 Å². The number of aliphatic hydroxyl groups is 1. The van der Waals surface area contributed by atoms with Gasteiger partial charge in [0.2, 0.25) is 0 Å². The molecule has 64 valence electrons. The van der Waals surface area contributed by atoms with Gasteiger partial charge in [-0.15, -0.1) is 0 Å². The second kappa shape index (κ2) is 3.45. The summed E-state index contributed by atoms with van der Waals surface area (Å²) in [6, 6.07) is 4.20. The predicted octanol–water partition coefficient (Wildman–Crippen LogP) is 1.52. The molecule has 0 saturated heterocycles. The predicted molar refractivity (Wildman–Crippen MR) is 42.3 cm³/mol.